The highest BCUT2D eigenvalue weighted by Gasteiger charge is 2.09. The highest BCUT2D eigenvalue weighted by atomic mass is 16.5. The molecule has 0 aliphatic heterocycles. The molecule has 3 aromatic carbocycles. The summed E-state index contributed by atoms with van der Waals surface area (Å²) >= 11 is 0. The zero-order chi connectivity index (χ0) is 26.9. The number of rotatable bonds is 12. The number of ether oxygens (including phenoxy) is 3. The zero-order valence-electron chi connectivity index (χ0n) is 21.4. The predicted molar refractivity (Wildman–Crippen MR) is 144 cm³/mol. The first-order valence-corrected chi connectivity index (χ1v) is 12.4. The SMILES string of the molecule is C=CC(=O)OCCCCCCOc1ccc(C(=O)Oc2ccc(-c3ccc(C#N)cc3)cc2)cc1.CC. The molecule has 0 spiro atoms. The molecule has 3 aromatic rings. The molecule has 0 atom stereocenters. The van der Waals surface area contributed by atoms with E-state index in [9.17, 15) is 9.59 Å². The van der Waals surface area contributed by atoms with Crippen LogP contribution in [0.4, 0.5) is 0 Å². The van der Waals surface area contributed by atoms with Crippen molar-refractivity contribution in [1.29, 1.82) is 5.26 Å². The van der Waals surface area contributed by atoms with E-state index in [0.717, 1.165) is 42.9 Å². The lowest BCUT2D eigenvalue weighted by Crippen LogP contribution is -2.08. The van der Waals surface area contributed by atoms with Crippen molar-refractivity contribution >= 4 is 11.9 Å². The van der Waals surface area contributed by atoms with Crippen molar-refractivity contribution in [2.45, 2.75) is 39.5 Å². The minimum absolute atomic E-state index is 0.391. The largest absolute Gasteiger partial charge is 0.494 e. The minimum Gasteiger partial charge on any atom is -0.494 e. The molecule has 0 unspecified atom stereocenters. The number of hydrogen-bond donors (Lipinski definition) is 0. The lowest BCUT2D eigenvalue weighted by Gasteiger charge is -2.08. The van der Waals surface area contributed by atoms with Crippen LogP contribution >= 0.6 is 0 Å². The highest BCUT2D eigenvalue weighted by molar-refractivity contribution is 5.91. The Bertz CT molecular complexity index is 1160. The molecular formula is C31H33NO5. The Kier molecular flexibility index (Phi) is 12.7. The van der Waals surface area contributed by atoms with E-state index in [1.165, 1.54) is 0 Å². The Balaban J connectivity index is 0.00000235. The van der Waals surface area contributed by atoms with Gasteiger partial charge < -0.3 is 14.2 Å². The van der Waals surface area contributed by atoms with Crippen molar-refractivity contribution in [3.63, 3.8) is 0 Å². The Morgan fingerprint density at radius 2 is 1.32 bits per heavy atom. The van der Waals surface area contributed by atoms with Crippen LogP contribution in [-0.4, -0.2) is 25.2 Å². The van der Waals surface area contributed by atoms with Crippen molar-refractivity contribution in [1.82, 2.24) is 0 Å². The Hall–Kier alpha value is -4.37. The minimum atomic E-state index is -0.445. The number of carbonyl (C=O) groups is 2. The molecule has 0 aromatic heterocycles. The third kappa shape index (κ3) is 10.0. The van der Waals surface area contributed by atoms with Crippen molar-refractivity contribution in [3.8, 4) is 28.7 Å². The zero-order valence-corrected chi connectivity index (χ0v) is 21.4. The molecule has 192 valence electrons. The molecule has 3 rings (SSSR count). The average Bonchev–Trinajstić information content (AvgIpc) is 2.96. The van der Waals surface area contributed by atoms with Crippen LogP contribution in [0.25, 0.3) is 11.1 Å². The summed E-state index contributed by atoms with van der Waals surface area (Å²) in [7, 11) is 0. The van der Waals surface area contributed by atoms with Crippen LogP contribution in [0.15, 0.2) is 85.5 Å². The first-order chi connectivity index (χ1) is 18.1. The van der Waals surface area contributed by atoms with Crippen LogP contribution < -0.4 is 9.47 Å². The van der Waals surface area contributed by atoms with Gasteiger partial charge in [0.15, 0.2) is 0 Å². The van der Waals surface area contributed by atoms with E-state index in [-0.39, 0.29) is 0 Å². The van der Waals surface area contributed by atoms with Crippen LogP contribution in [0.5, 0.6) is 11.5 Å². The summed E-state index contributed by atoms with van der Waals surface area (Å²) in [4.78, 5) is 23.4. The average molecular weight is 500 g/mol. The smallest absolute Gasteiger partial charge is 0.343 e. The van der Waals surface area contributed by atoms with Gasteiger partial charge in [-0.3, -0.25) is 0 Å². The van der Waals surface area contributed by atoms with Gasteiger partial charge in [0.2, 0.25) is 0 Å². The molecule has 6 nitrogen and oxygen atoms in total. The van der Waals surface area contributed by atoms with E-state index < -0.39 is 11.9 Å². The first-order valence-electron chi connectivity index (χ1n) is 12.4. The monoisotopic (exact) mass is 499 g/mol. The summed E-state index contributed by atoms with van der Waals surface area (Å²) < 4.78 is 16.1. The summed E-state index contributed by atoms with van der Waals surface area (Å²) in [6.45, 7) is 8.33. The van der Waals surface area contributed by atoms with Gasteiger partial charge in [-0.2, -0.15) is 5.26 Å². The Morgan fingerprint density at radius 1 is 0.784 bits per heavy atom. The van der Waals surface area contributed by atoms with E-state index in [1.54, 1.807) is 48.5 Å². The van der Waals surface area contributed by atoms with Crippen molar-refractivity contribution in [2.75, 3.05) is 13.2 Å². The van der Waals surface area contributed by atoms with E-state index in [1.807, 2.05) is 38.1 Å². The van der Waals surface area contributed by atoms with Gasteiger partial charge in [0.25, 0.3) is 0 Å². The van der Waals surface area contributed by atoms with E-state index >= 15 is 0 Å². The third-order valence-corrected chi connectivity index (χ3v) is 5.22. The number of hydrogen-bond acceptors (Lipinski definition) is 6. The molecule has 0 aliphatic carbocycles. The lowest BCUT2D eigenvalue weighted by molar-refractivity contribution is -0.137. The maximum absolute atomic E-state index is 12.5. The van der Waals surface area contributed by atoms with Crippen LogP contribution in [0.3, 0.4) is 0 Å². The van der Waals surface area contributed by atoms with Crippen molar-refractivity contribution < 1.29 is 23.8 Å². The van der Waals surface area contributed by atoms with Gasteiger partial charge in [-0.25, -0.2) is 9.59 Å². The summed E-state index contributed by atoms with van der Waals surface area (Å²) in [6, 6.07) is 23.5. The van der Waals surface area contributed by atoms with Gasteiger partial charge >= 0.3 is 11.9 Å². The van der Waals surface area contributed by atoms with Crippen LogP contribution in [0, 0.1) is 11.3 Å². The number of carbonyl (C=O) groups excluding carboxylic acids is 2. The standard InChI is InChI=1S/C29H27NO5.C2H6/c1-2-28(31)34-20-6-4-3-5-19-33-26-15-13-25(14-16-26)29(32)35-27-17-11-24(12-18-27)23-9-7-22(21-30)8-10-23;1-2/h2,7-18H,1,3-6,19-20H2;1-2H3. The van der Waals surface area contributed by atoms with Crippen molar-refractivity contribution in [3.05, 3.63) is 96.6 Å². The molecule has 6 heteroatoms. The molecule has 0 amide bonds. The van der Waals surface area contributed by atoms with E-state index in [4.69, 9.17) is 19.5 Å². The lowest BCUT2D eigenvalue weighted by atomic mass is 10.0. The molecule has 0 saturated carbocycles. The molecule has 0 bridgehead atoms. The van der Waals surface area contributed by atoms with E-state index in [0.29, 0.717) is 35.8 Å². The topological polar surface area (TPSA) is 85.6 Å². The third-order valence-electron chi connectivity index (χ3n) is 5.22. The number of nitriles is 1. The fraction of sp³-hybridized carbons (Fsp3) is 0.258. The molecule has 37 heavy (non-hydrogen) atoms. The number of benzene rings is 3. The van der Waals surface area contributed by atoms with Gasteiger partial charge in [-0.15, -0.1) is 0 Å². The second kappa shape index (κ2) is 16.3. The second-order valence-corrected chi connectivity index (χ2v) is 7.76. The quantitative estimate of drug-likeness (QED) is 0.114. The van der Waals surface area contributed by atoms with Crippen LogP contribution in [-0.2, 0) is 9.53 Å². The number of nitrogens with zero attached hydrogens (tertiary/aromatic N) is 1. The predicted octanol–water partition coefficient (Wildman–Crippen LogP) is 7.14. The van der Waals surface area contributed by atoms with E-state index in [2.05, 4.69) is 12.6 Å². The Labute approximate surface area is 219 Å². The molecule has 0 saturated heterocycles. The van der Waals surface area contributed by atoms with Gasteiger partial charge in [0.1, 0.15) is 11.5 Å². The maximum atomic E-state index is 12.5. The summed E-state index contributed by atoms with van der Waals surface area (Å²) in [5, 5.41) is 8.91. The normalized spacial score (nSPS) is 9.76. The summed E-state index contributed by atoms with van der Waals surface area (Å²) in [5.41, 5.74) is 2.98. The van der Waals surface area contributed by atoms with Crippen molar-refractivity contribution in [2.24, 2.45) is 0 Å². The second-order valence-electron chi connectivity index (χ2n) is 7.76. The molecule has 0 N–H and O–H groups in total. The molecular weight excluding hydrogens is 466 g/mol. The van der Waals surface area contributed by atoms with Gasteiger partial charge in [0.05, 0.1) is 30.4 Å². The fourth-order valence-corrected chi connectivity index (χ4v) is 3.29. The van der Waals surface area contributed by atoms with Gasteiger partial charge in [-0.1, -0.05) is 44.7 Å². The number of esters is 2. The van der Waals surface area contributed by atoms with Crippen LogP contribution in [0.2, 0.25) is 0 Å². The highest BCUT2D eigenvalue weighted by Crippen LogP contribution is 2.23. The molecule has 0 aliphatic rings. The molecule has 0 heterocycles. The first kappa shape index (κ1) is 28.9. The summed E-state index contributed by atoms with van der Waals surface area (Å²) in [5.74, 6) is 0.304. The Morgan fingerprint density at radius 3 is 1.89 bits per heavy atom. The molecule has 0 radical (unpaired) electrons. The maximum Gasteiger partial charge on any atom is 0.343 e. The number of unbranched alkanes of at least 4 members (excludes halogenated alkanes) is 3. The fourth-order valence-electron chi connectivity index (χ4n) is 3.29. The van der Waals surface area contributed by atoms with Gasteiger partial charge in [-0.05, 0) is 85.3 Å². The summed E-state index contributed by atoms with van der Waals surface area (Å²) in [6.07, 6.45) is 4.79. The van der Waals surface area contributed by atoms with Gasteiger partial charge in [0, 0.05) is 6.08 Å². The van der Waals surface area contributed by atoms with Crippen LogP contribution in [0.1, 0.15) is 55.5 Å². The molecule has 0 fully saturated rings.